The molecular formula is C20H19N3O8S. The Bertz CT molecular complexity index is 1250. The summed E-state index contributed by atoms with van der Waals surface area (Å²) in [7, 11) is -4.54. The smallest absolute Gasteiger partial charge is 0.445 e. The fraction of sp³-hybridized carbons (Fsp3) is 0.250. The molecule has 4 rings (SSSR count). The molecule has 0 amide bonds. The molecule has 2 aromatic carbocycles. The van der Waals surface area contributed by atoms with Crippen LogP contribution in [0.25, 0.3) is 0 Å². The van der Waals surface area contributed by atoms with Crippen LogP contribution in [-0.4, -0.2) is 42.6 Å². The van der Waals surface area contributed by atoms with Gasteiger partial charge in [-0.1, -0.05) is 42.5 Å². The van der Waals surface area contributed by atoms with Crippen LogP contribution < -0.4 is 19.5 Å². The van der Waals surface area contributed by atoms with Gasteiger partial charge in [-0.05, 0) is 29.8 Å². The molecule has 0 bridgehead atoms. The van der Waals surface area contributed by atoms with Crippen molar-refractivity contribution in [3.8, 4) is 11.8 Å². The highest BCUT2D eigenvalue weighted by atomic mass is 32.2. The van der Waals surface area contributed by atoms with E-state index >= 15 is 0 Å². The molecule has 1 N–H and O–H groups in total. The number of aromatic amines is 1. The van der Waals surface area contributed by atoms with Crippen molar-refractivity contribution >= 4 is 21.0 Å². The summed E-state index contributed by atoms with van der Waals surface area (Å²) in [4.78, 5) is 25.9. The molecule has 0 unspecified atom stereocenters. The zero-order chi connectivity index (χ0) is 22.7. The van der Waals surface area contributed by atoms with Crippen LogP contribution in [0.2, 0.25) is 0 Å². The number of sulfonamides is 1. The Morgan fingerprint density at radius 3 is 2.66 bits per heavy atom. The average molecular weight is 461 g/mol. The van der Waals surface area contributed by atoms with E-state index in [1.807, 2.05) is 0 Å². The Balaban J connectivity index is 1.55. The molecule has 1 aliphatic heterocycles. The Morgan fingerprint density at radius 2 is 1.94 bits per heavy atom. The van der Waals surface area contributed by atoms with Gasteiger partial charge in [0.1, 0.15) is 18.5 Å². The maximum Gasteiger partial charge on any atom is 0.445 e. The van der Waals surface area contributed by atoms with Gasteiger partial charge in [0.25, 0.3) is 0 Å². The standard InChI is InChI=1S/C20H19N3O8S/c1-13(29-18-21-19(24)31-22-18)17-11-23(15-9-5-6-10-16(15)30-17)32(26,27)20(25)28-12-14-7-3-2-4-8-14/h2-10,13,17H,11-12H2,1H3,(H,21,22,24)/t13-,17-/m1/s1. The lowest BCUT2D eigenvalue weighted by molar-refractivity contribution is 0.0586. The van der Waals surface area contributed by atoms with Gasteiger partial charge in [0.15, 0.2) is 6.10 Å². The molecule has 11 nitrogen and oxygen atoms in total. The Labute approximate surface area is 182 Å². The van der Waals surface area contributed by atoms with Gasteiger partial charge < -0.3 is 14.2 Å². The second-order valence-electron chi connectivity index (χ2n) is 6.91. The maximum atomic E-state index is 13.1. The summed E-state index contributed by atoms with van der Waals surface area (Å²) in [5.41, 5.74) is 0.849. The molecule has 2 atom stereocenters. The number of benzene rings is 2. The lowest BCUT2D eigenvalue weighted by atomic mass is 10.1. The van der Waals surface area contributed by atoms with Crippen LogP contribution in [-0.2, 0) is 21.4 Å². The van der Waals surface area contributed by atoms with E-state index in [1.165, 1.54) is 6.07 Å². The number of rotatable bonds is 6. The zero-order valence-electron chi connectivity index (χ0n) is 16.8. The van der Waals surface area contributed by atoms with Crippen molar-refractivity contribution in [2.75, 3.05) is 10.8 Å². The van der Waals surface area contributed by atoms with Gasteiger partial charge in [-0.3, -0.25) is 8.83 Å². The van der Waals surface area contributed by atoms with E-state index in [0.717, 1.165) is 4.31 Å². The van der Waals surface area contributed by atoms with E-state index in [0.29, 0.717) is 5.56 Å². The first-order chi connectivity index (χ1) is 15.3. The van der Waals surface area contributed by atoms with E-state index in [1.54, 1.807) is 55.5 Å². The summed E-state index contributed by atoms with van der Waals surface area (Å²) >= 11 is 0. The quantitative estimate of drug-likeness (QED) is 0.546. The van der Waals surface area contributed by atoms with Crippen LogP contribution in [0, 0.1) is 0 Å². The van der Waals surface area contributed by atoms with Crippen LogP contribution in [0.4, 0.5) is 10.5 Å². The first-order valence-electron chi connectivity index (χ1n) is 9.56. The van der Waals surface area contributed by atoms with Crippen LogP contribution in [0.5, 0.6) is 11.8 Å². The van der Waals surface area contributed by atoms with Crippen LogP contribution in [0.15, 0.2) is 63.9 Å². The zero-order valence-corrected chi connectivity index (χ0v) is 17.7. The molecule has 1 aliphatic rings. The highest BCUT2D eigenvalue weighted by molar-refractivity contribution is 8.06. The summed E-state index contributed by atoms with van der Waals surface area (Å²) in [6, 6.07) is 14.9. The van der Waals surface area contributed by atoms with Crippen molar-refractivity contribution < 1.29 is 31.9 Å². The SMILES string of the molecule is C[C@@H](Oc1noc(=O)[nH]1)[C@H]1CN(S(=O)(=O)C(=O)OCc2ccccc2)c2ccccc2O1. The fourth-order valence-corrected chi connectivity index (χ4v) is 4.24. The van der Waals surface area contributed by atoms with Gasteiger partial charge >= 0.3 is 27.1 Å². The monoisotopic (exact) mass is 461 g/mol. The van der Waals surface area contributed by atoms with Crippen molar-refractivity contribution in [2.24, 2.45) is 0 Å². The first kappa shape index (κ1) is 21.4. The highest BCUT2D eigenvalue weighted by Gasteiger charge is 2.41. The molecular weight excluding hydrogens is 442 g/mol. The van der Waals surface area contributed by atoms with Crippen molar-refractivity contribution in [3.63, 3.8) is 0 Å². The van der Waals surface area contributed by atoms with E-state index in [9.17, 15) is 18.0 Å². The molecule has 1 aromatic heterocycles. The first-order valence-corrected chi connectivity index (χ1v) is 11.0. The van der Waals surface area contributed by atoms with Gasteiger partial charge in [0.2, 0.25) is 0 Å². The molecule has 2 heterocycles. The molecule has 0 saturated carbocycles. The van der Waals surface area contributed by atoms with E-state index in [2.05, 4.69) is 14.7 Å². The summed E-state index contributed by atoms with van der Waals surface area (Å²) in [5, 5.41) is 2.03. The van der Waals surface area contributed by atoms with Crippen LogP contribution in [0.1, 0.15) is 12.5 Å². The van der Waals surface area contributed by atoms with Crippen LogP contribution >= 0.6 is 0 Å². The Morgan fingerprint density at radius 1 is 1.22 bits per heavy atom. The number of nitrogens with one attached hydrogen (secondary N) is 1. The number of H-pyrrole nitrogens is 1. The molecule has 0 aliphatic carbocycles. The predicted molar refractivity (Wildman–Crippen MR) is 111 cm³/mol. The second-order valence-corrected chi connectivity index (χ2v) is 8.63. The van der Waals surface area contributed by atoms with Crippen molar-refractivity contribution in [1.82, 2.24) is 10.1 Å². The molecule has 0 saturated heterocycles. The number of carbonyl (C=O) groups excluding carboxylic acids is 1. The number of hydrogen-bond acceptors (Lipinski definition) is 9. The second kappa shape index (κ2) is 8.75. The third-order valence-electron chi connectivity index (χ3n) is 4.70. The topological polar surface area (TPSA) is 141 Å². The number of para-hydroxylation sites is 2. The van der Waals surface area contributed by atoms with Crippen molar-refractivity contribution in [1.29, 1.82) is 0 Å². The number of carbonyl (C=O) groups is 1. The molecule has 0 spiro atoms. The summed E-state index contributed by atoms with van der Waals surface area (Å²) < 4.78 is 47.9. The van der Waals surface area contributed by atoms with Gasteiger partial charge in [-0.15, -0.1) is 0 Å². The largest absolute Gasteiger partial charge is 0.482 e. The fourth-order valence-electron chi connectivity index (χ4n) is 3.10. The molecule has 12 heteroatoms. The van der Waals surface area contributed by atoms with Gasteiger partial charge in [-0.25, -0.2) is 14.6 Å². The Hall–Kier alpha value is -3.80. The van der Waals surface area contributed by atoms with Gasteiger partial charge in [0.05, 0.1) is 12.2 Å². The minimum Gasteiger partial charge on any atom is -0.482 e. The molecule has 168 valence electrons. The summed E-state index contributed by atoms with van der Waals surface area (Å²) in [5.74, 6) is -0.556. The lowest BCUT2D eigenvalue weighted by Crippen LogP contribution is -2.51. The molecule has 32 heavy (non-hydrogen) atoms. The highest BCUT2D eigenvalue weighted by Crippen LogP contribution is 2.36. The predicted octanol–water partition coefficient (Wildman–Crippen LogP) is 2.06. The van der Waals surface area contributed by atoms with Gasteiger partial charge in [-0.2, -0.15) is 8.42 Å². The average Bonchev–Trinajstić information content (AvgIpc) is 3.21. The van der Waals surface area contributed by atoms with E-state index < -0.39 is 33.3 Å². The number of ether oxygens (including phenoxy) is 3. The minimum atomic E-state index is -4.54. The third-order valence-corrected chi connectivity index (χ3v) is 6.17. The normalized spacial score (nSPS) is 16.5. The number of fused-ring (bicyclic) bond motifs is 1. The van der Waals surface area contributed by atoms with Crippen molar-refractivity contribution in [3.05, 3.63) is 70.7 Å². The van der Waals surface area contributed by atoms with Crippen LogP contribution in [0.3, 0.4) is 0 Å². The minimum absolute atomic E-state index is 0.179. The summed E-state index contributed by atoms with van der Waals surface area (Å²) in [6.45, 7) is 1.18. The number of hydrogen-bond donors (Lipinski definition) is 1. The number of anilines is 1. The van der Waals surface area contributed by atoms with E-state index in [4.69, 9.17) is 14.2 Å². The van der Waals surface area contributed by atoms with Gasteiger partial charge in [0, 0.05) is 0 Å². The number of aromatic nitrogens is 2. The van der Waals surface area contributed by atoms with E-state index in [-0.39, 0.29) is 30.6 Å². The summed E-state index contributed by atoms with van der Waals surface area (Å²) in [6.07, 6.45) is -1.59. The molecule has 0 fully saturated rings. The third kappa shape index (κ3) is 4.44. The Kier molecular flexibility index (Phi) is 5.86. The lowest BCUT2D eigenvalue weighted by Gasteiger charge is -2.36. The van der Waals surface area contributed by atoms with Crippen molar-refractivity contribution in [2.45, 2.75) is 25.7 Å². The maximum absolute atomic E-state index is 13.1. The molecule has 0 radical (unpaired) electrons. The molecule has 3 aromatic rings. The number of nitrogens with zero attached hydrogens (tertiary/aromatic N) is 2.